The zero-order chi connectivity index (χ0) is 17.3. The number of sulfone groups is 1. The number of hydrogen-bond donors (Lipinski definition) is 0. The highest BCUT2D eigenvalue weighted by Gasteiger charge is 2.39. The molecule has 23 heavy (non-hydrogen) atoms. The molecule has 10 heteroatoms. The molecule has 0 aromatic heterocycles. The van der Waals surface area contributed by atoms with Crippen molar-refractivity contribution in [1.29, 1.82) is 0 Å². The molecule has 0 spiro atoms. The summed E-state index contributed by atoms with van der Waals surface area (Å²) < 4.78 is 53.3. The second kappa shape index (κ2) is 7.04. The zero-order valence-corrected chi connectivity index (χ0v) is 15.1. The van der Waals surface area contributed by atoms with Gasteiger partial charge in [-0.15, -0.1) is 0 Å². The summed E-state index contributed by atoms with van der Waals surface area (Å²) in [6.45, 7) is 1.57. The van der Waals surface area contributed by atoms with E-state index in [9.17, 15) is 21.6 Å². The number of rotatable bonds is 4. The van der Waals surface area contributed by atoms with Crippen LogP contribution < -0.4 is 0 Å². The van der Waals surface area contributed by atoms with E-state index in [2.05, 4.69) is 0 Å². The fraction of sp³-hybridized carbons (Fsp3) is 0.923. The number of morpholine rings is 1. The molecule has 1 amide bonds. The van der Waals surface area contributed by atoms with Crippen LogP contribution in [0.5, 0.6) is 0 Å². The third kappa shape index (κ3) is 5.13. The van der Waals surface area contributed by atoms with Crippen LogP contribution in [0.25, 0.3) is 0 Å². The molecule has 0 aliphatic carbocycles. The standard InChI is InChI=1S/C13H24N2O6S2/c1-22(17,18)10-5-13(16)14-6-3-11-12(4-7-14)21-9-8-15(11)23(2,19)20/h11-12H,3-10H2,1-2H3/t11-,12-/m1/s1. The van der Waals surface area contributed by atoms with Crippen molar-refractivity contribution in [3.63, 3.8) is 0 Å². The number of ether oxygens (including phenoxy) is 1. The smallest absolute Gasteiger partial charge is 0.223 e. The molecular formula is C13H24N2O6S2. The molecule has 2 heterocycles. The molecule has 0 unspecified atom stereocenters. The lowest BCUT2D eigenvalue weighted by atomic mass is 10.0. The number of sulfonamides is 1. The molecule has 134 valence electrons. The van der Waals surface area contributed by atoms with E-state index in [1.165, 1.54) is 10.6 Å². The Bertz CT molecular complexity index is 645. The van der Waals surface area contributed by atoms with Gasteiger partial charge in [0.05, 0.1) is 30.8 Å². The molecule has 2 atom stereocenters. The van der Waals surface area contributed by atoms with Crippen LogP contribution in [0.1, 0.15) is 19.3 Å². The average molecular weight is 368 g/mol. The van der Waals surface area contributed by atoms with Crippen LogP contribution in [0.4, 0.5) is 0 Å². The maximum Gasteiger partial charge on any atom is 0.223 e. The van der Waals surface area contributed by atoms with Gasteiger partial charge in [-0.1, -0.05) is 0 Å². The average Bonchev–Trinajstić information content (AvgIpc) is 2.65. The fourth-order valence-electron chi connectivity index (χ4n) is 3.14. The Morgan fingerprint density at radius 2 is 1.74 bits per heavy atom. The van der Waals surface area contributed by atoms with E-state index in [4.69, 9.17) is 4.74 Å². The van der Waals surface area contributed by atoms with Crippen molar-refractivity contribution >= 4 is 25.8 Å². The molecule has 2 rings (SSSR count). The topological polar surface area (TPSA) is 101 Å². The highest BCUT2D eigenvalue weighted by Crippen LogP contribution is 2.25. The first-order valence-electron chi connectivity index (χ1n) is 7.62. The number of likely N-dealkylation sites (tertiary alicyclic amines) is 1. The summed E-state index contributed by atoms with van der Waals surface area (Å²) in [7, 11) is -6.48. The molecule has 0 radical (unpaired) electrons. The Morgan fingerprint density at radius 1 is 1.09 bits per heavy atom. The minimum Gasteiger partial charge on any atom is -0.375 e. The van der Waals surface area contributed by atoms with Gasteiger partial charge < -0.3 is 9.64 Å². The minimum atomic E-state index is -3.31. The van der Waals surface area contributed by atoms with E-state index < -0.39 is 19.9 Å². The van der Waals surface area contributed by atoms with E-state index >= 15 is 0 Å². The van der Waals surface area contributed by atoms with Crippen LogP contribution in [0, 0.1) is 0 Å². The molecule has 2 fully saturated rings. The first-order chi connectivity index (χ1) is 10.6. The van der Waals surface area contributed by atoms with Crippen LogP contribution in [0.15, 0.2) is 0 Å². The number of fused-ring (bicyclic) bond motifs is 1. The lowest BCUT2D eigenvalue weighted by Crippen LogP contribution is -2.53. The monoisotopic (exact) mass is 368 g/mol. The molecule has 0 aromatic rings. The number of carbonyl (C=O) groups excluding carboxylic acids is 1. The number of nitrogens with zero attached hydrogens (tertiary/aromatic N) is 2. The van der Waals surface area contributed by atoms with Gasteiger partial charge >= 0.3 is 0 Å². The van der Waals surface area contributed by atoms with E-state index in [0.29, 0.717) is 39.1 Å². The predicted octanol–water partition coefficient (Wildman–Crippen LogP) is -0.927. The van der Waals surface area contributed by atoms with Gasteiger partial charge in [-0.2, -0.15) is 4.31 Å². The predicted molar refractivity (Wildman–Crippen MR) is 85.2 cm³/mol. The summed E-state index contributed by atoms with van der Waals surface area (Å²) in [6.07, 6.45) is 3.10. The molecule has 8 nitrogen and oxygen atoms in total. The summed E-state index contributed by atoms with van der Waals surface area (Å²) in [6, 6.07) is -0.258. The summed E-state index contributed by atoms with van der Waals surface area (Å²) in [5, 5.41) is 0. The summed E-state index contributed by atoms with van der Waals surface area (Å²) in [5.41, 5.74) is 0. The Balaban J connectivity index is 2.02. The van der Waals surface area contributed by atoms with Crippen molar-refractivity contribution in [2.75, 3.05) is 44.5 Å². The van der Waals surface area contributed by atoms with Gasteiger partial charge in [-0.3, -0.25) is 4.79 Å². The first-order valence-corrected chi connectivity index (χ1v) is 11.5. The maximum atomic E-state index is 12.2. The molecule has 0 N–H and O–H groups in total. The Kier molecular flexibility index (Phi) is 5.70. The quantitative estimate of drug-likeness (QED) is 0.636. The second-order valence-electron chi connectivity index (χ2n) is 6.19. The molecule has 2 aliphatic rings. The largest absolute Gasteiger partial charge is 0.375 e. The summed E-state index contributed by atoms with van der Waals surface area (Å²) in [4.78, 5) is 13.8. The van der Waals surface area contributed by atoms with E-state index in [0.717, 1.165) is 6.26 Å². The van der Waals surface area contributed by atoms with Crippen LogP contribution in [-0.2, 0) is 29.4 Å². The summed E-state index contributed by atoms with van der Waals surface area (Å²) in [5.74, 6) is -0.374. The van der Waals surface area contributed by atoms with Crippen molar-refractivity contribution in [3.8, 4) is 0 Å². The first kappa shape index (κ1) is 18.6. The number of amides is 1. The van der Waals surface area contributed by atoms with E-state index in [1.807, 2.05) is 0 Å². The van der Waals surface area contributed by atoms with Crippen molar-refractivity contribution in [1.82, 2.24) is 9.21 Å². The van der Waals surface area contributed by atoms with Crippen molar-refractivity contribution in [2.45, 2.75) is 31.4 Å². The van der Waals surface area contributed by atoms with Gasteiger partial charge in [0.25, 0.3) is 0 Å². The van der Waals surface area contributed by atoms with Crippen molar-refractivity contribution in [3.05, 3.63) is 0 Å². The van der Waals surface area contributed by atoms with Crippen LogP contribution in [0.2, 0.25) is 0 Å². The Labute approximate surface area is 137 Å². The fourth-order valence-corrected chi connectivity index (χ4v) is 4.82. The number of hydrogen-bond acceptors (Lipinski definition) is 6. The summed E-state index contributed by atoms with van der Waals surface area (Å²) >= 11 is 0. The molecule has 0 aromatic carbocycles. The van der Waals surface area contributed by atoms with Gasteiger partial charge in [0, 0.05) is 32.3 Å². The normalized spacial score (nSPS) is 27.3. The highest BCUT2D eigenvalue weighted by molar-refractivity contribution is 7.90. The van der Waals surface area contributed by atoms with Crippen LogP contribution >= 0.6 is 0 Å². The molecule has 0 bridgehead atoms. The molecule has 2 aliphatic heterocycles. The Hall–Kier alpha value is -0.710. The molecule has 2 saturated heterocycles. The zero-order valence-electron chi connectivity index (χ0n) is 13.5. The maximum absolute atomic E-state index is 12.2. The lowest BCUT2D eigenvalue weighted by molar-refractivity contribution is -0.130. The van der Waals surface area contributed by atoms with Crippen molar-refractivity contribution in [2.24, 2.45) is 0 Å². The van der Waals surface area contributed by atoms with Gasteiger partial charge in [-0.05, 0) is 12.8 Å². The van der Waals surface area contributed by atoms with Gasteiger partial charge in [0.2, 0.25) is 15.9 Å². The SMILES string of the molecule is CS(=O)(=O)CCC(=O)N1CC[C@@H]2[C@@H](CC1)OCCN2S(C)(=O)=O. The number of carbonyl (C=O) groups is 1. The second-order valence-corrected chi connectivity index (χ2v) is 10.4. The highest BCUT2D eigenvalue weighted by atomic mass is 32.2. The lowest BCUT2D eigenvalue weighted by Gasteiger charge is -2.38. The Morgan fingerprint density at radius 3 is 2.35 bits per heavy atom. The van der Waals surface area contributed by atoms with E-state index in [1.54, 1.807) is 4.90 Å². The minimum absolute atomic E-state index is 0.0369. The molecular weight excluding hydrogens is 344 g/mol. The molecule has 0 saturated carbocycles. The van der Waals surface area contributed by atoms with Crippen LogP contribution in [0.3, 0.4) is 0 Å². The van der Waals surface area contributed by atoms with Gasteiger partial charge in [-0.25, -0.2) is 16.8 Å². The van der Waals surface area contributed by atoms with E-state index in [-0.39, 0.29) is 30.2 Å². The third-order valence-electron chi connectivity index (χ3n) is 4.29. The van der Waals surface area contributed by atoms with Crippen LogP contribution in [-0.4, -0.2) is 88.6 Å². The third-order valence-corrected chi connectivity index (χ3v) is 6.54. The van der Waals surface area contributed by atoms with Gasteiger partial charge in [0.1, 0.15) is 9.84 Å². The van der Waals surface area contributed by atoms with Gasteiger partial charge in [0.15, 0.2) is 0 Å². The van der Waals surface area contributed by atoms with Crippen molar-refractivity contribution < 1.29 is 26.4 Å².